The second-order valence-corrected chi connectivity index (χ2v) is 10.4. The summed E-state index contributed by atoms with van der Waals surface area (Å²) >= 11 is 0. The van der Waals surface area contributed by atoms with Crippen LogP contribution in [0.1, 0.15) is 98.6 Å². The predicted octanol–water partition coefficient (Wildman–Crippen LogP) is 5.07. The van der Waals surface area contributed by atoms with E-state index in [2.05, 4.69) is 29.1 Å². The molecule has 33 heavy (non-hydrogen) atoms. The average Bonchev–Trinajstić information content (AvgIpc) is 3.17. The van der Waals surface area contributed by atoms with Gasteiger partial charge in [0.25, 0.3) is 0 Å². The van der Waals surface area contributed by atoms with Crippen LogP contribution < -0.4 is 0 Å². The van der Waals surface area contributed by atoms with E-state index in [1.807, 2.05) is 45.5 Å². The second-order valence-electron chi connectivity index (χ2n) is 10.4. The second kappa shape index (κ2) is 11.8. The fourth-order valence-electron chi connectivity index (χ4n) is 4.09. The third-order valence-electron chi connectivity index (χ3n) is 5.81. The molecule has 8 heteroatoms. The molecule has 1 fully saturated rings. The third kappa shape index (κ3) is 8.31. The Kier molecular flexibility index (Phi) is 9.74. The number of aryl methyl sites for hydroxylation is 1. The van der Waals surface area contributed by atoms with Gasteiger partial charge in [0, 0.05) is 12.1 Å². The minimum Gasteiger partial charge on any atom is -0.465 e. The van der Waals surface area contributed by atoms with Crippen LogP contribution in [0.15, 0.2) is 6.20 Å². The van der Waals surface area contributed by atoms with Crippen LogP contribution in [-0.4, -0.2) is 61.2 Å². The van der Waals surface area contributed by atoms with Crippen LogP contribution in [0, 0.1) is 11.8 Å². The van der Waals surface area contributed by atoms with E-state index in [1.165, 1.54) is 49.8 Å². The lowest BCUT2D eigenvalue weighted by Crippen LogP contribution is -2.66. The zero-order chi connectivity index (χ0) is 24.5. The molecule has 1 aliphatic rings. The van der Waals surface area contributed by atoms with E-state index in [4.69, 9.17) is 9.47 Å². The van der Waals surface area contributed by atoms with Crippen molar-refractivity contribution in [2.75, 3.05) is 13.2 Å². The highest BCUT2D eigenvalue weighted by Gasteiger charge is 2.49. The van der Waals surface area contributed by atoms with Gasteiger partial charge in [0.1, 0.15) is 0 Å². The first-order chi connectivity index (χ1) is 15.5. The molecule has 0 saturated carbocycles. The molecule has 1 aromatic heterocycles. The quantitative estimate of drug-likeness (QED) is 0.386. The summed E-state index contributed by atoms with van der Waals surface area (Å²) in [4.78, 5) is 13.5. The smallest absolute Gasteiger partial charge is 0.409 e. The molecule has 1 aliphatic heterocycles. The van der Waals surface area contributed by atoms with Crippen LogP contribution in [0.2, 0.25) is 0 Å². The maximum absolute atomic E-state index is 12.2. The zero-order valence-corrected chi connectivity index (χ0v) is 21.3. The molecule has 0 radical (unpaired) electrons. The van der Waals surface area contributed by atoms with E-state index in [9.17, 15) is 9.90 Å². The number of hydrogen-bond acceptors (Lipinski definition) is 5. The van der Waals surface area contributed by atoms with Crippen molar-refractivity contribution in [1.29, 1.82) is 0 Å². The van der Waals surface area contributed by atoms with Gasteiger partial charge in [0.05, 0.1) is 19.4 Å². The Balaban J connectivity index is 2.03. The van der Waals surface area contributed by atoms with Gasteiger partial charge in [-0.2, -0.15) is 0 Å². The molecule has 0 spiro atoms. The van der Waals surface area contributed by atoms with E-state index in [1.54, 1.807) is 0 Å². The Bertz CT molecular complexity index is 806. The lowest BCUT2D eigenvalue weighted by Gasteiger charge is -2.50. The van der Waals surface area contributed by atoms with Gasteiger partial charge in [0.2, 0.25) is 0 Å². The summed E-state index contributed by atoms with van der Waals surface area (Å²) in [5.74, 6) is 5.37. The van der Waals surface area contributed by atoms with Crippen molar-refractivity contribution in [3.63, 3.8) is 0 Å². The van der Waals surface area contributed by atoms with Gasteiger partial charge in [0.15, 0.2) is 17.0 Å². The lowest BCUT2D eigenvalue weighted by molar-refractivity contribution is -0.278. The summed E-state index contributed by atoms with van der Waals surface area (Å²) < 4.78 is 13.5. The molecule has 8 nitrogen and oxygen atoms in total. The van der Waals surface area contributed by atoms with Crippen LogP contribution in [-0.2, 0) is 16.0 Å². The summed E-state index contributed by atoms with van der Waals surface area (Å²) in [6.45, 7) is 12.4. The van der Waals surface area contributed by atoms with E-state index < -0.39 is 23.0 Å². The summed E-state index contributed by atoms with van der Waals surface area (Å²) in [5.41, 5.74) is -1.32. The van der Waals surface area contributed by atoms with Crippen LogP contribution >= 0.6 is 0 Å². The zero-order valence-electron chi connectivity index (χ0n) is 21.3. The molecule has 0 atom stereocenters. The topological polar surface area (TPSA) is 89.7 Å². The first kappa shape index (κ1) is 27.1. The van der Waals surface area contributed by atoms with Crippen molar-refractivity contribution in [3.05, 3.63) is 11.9 Å². The molecule has 0 aromatic carbocycles. The number of carboxylic acid groups (broad SMARTS) is 1. The van der Waals surface area contributed by atoms with Crippen LogP contribution in [0.5, 0.6) is 0 Å². The molecule has 0 aliphatic carbocycles. The Morgan fingerprint density at radius 2 is 1.70 bits per heavy atom. The third-order valence-corrected chi connectivity index (χ3v) is 5.81. The van der Waals surface area contributed by atoms with Crippen LogP contribution in [0.3, 0.4) is 0 Å². The van der Waals surface area contributed by atoms with Gasteiger partial charge >= 0.3 is 6.09 Å². The van der Waals surface area contributed by atoms with Gasteiger partial charge in [-0.05, 0) is 47.0 Å². The molecular weight excluding hydrogens is 420 g/mol. The Morgan fingerprint density at radius 3 is 2.24 bits per heavy atom. The van der Waals surface area contributed by atoms with Gasteiger partial charge < -0.3 is 14.6 Å². The number of aromatic nitrogens is 3. The van der Waals surface area contributed by atoms with Gasteiger partial charge in [-0.3, -0.25) is 9.58 Å². The van der Waals surface area contributed by atoms with Crippen molar-refractivity contribution < 1.29 is 19.4 Å². The molecule has 1 aromatic rings. The first-order valence-corrected chi connectivity index (χ1v) is 12.2. The Labute approximate surface area is 199 Å². The van der Waals surface area contributed by atoms with Gasteiger partial charge in [-0.1, -0.05) is 63.0 Å². The Morgan fingerprint density at radius 1 is 1.12 bits per heavy atom. The fraction of sp³-hybridized carbons (Fsp3) is 0.800. The SMILES string of the molecule is CCCCCCCCCCn1cc(C#CC2(N(C(=O)O)C(C)(C)C)COC(C)(C)OC2)nn1. The number of hydrogen-bond donors (Lipinski definition) is 1. The molecule has 2 rings (SSSR count). The van der Waals surface area contributed by atoms with Gasteiger partial charge in [-0.25, -0.2) is 4.79 Å². The predicted molar refractivity (Wildman–Crippen MR) is 128 cm³/mol. The van der Waals surface area contributed by atoms with Gasteiger partial charge in [-0.15, -0.1) is 5.10 Å². The first-order valence-electron chi connectivity index (χ1n) is 12.2. The van der Waals surface area contributed by atoms with Crippen molar-refractivity contribution >= 4 is 6.09 Å². The van der Waals surface area contributed by atoms with E-state index >= 15 is 0 Å². The average molecular weight is 463 g/mol. The standard InChI is InChI=1S/C25H42N4O4/c1-7-8-9-10-11-12-13-14-17-28-18-21(26-27-28)15-16-25(19-32-24(5,6)33-20-25)29(22(30)31)23(2,3)4/h18H,7-14,17,19-20H2,1-6H3,(H,30,31). The van der Waals surface area contributed by atoms with Crippen molar-refractivity contribution in [2.45, 2.75) is 116 Å². The molecule has 2 heterocycles. The number of rotatable bonds is 10. The summed E-state index contributed by atoms with van der Waals surface area (Å²) in [5, 5.41) is 18.3. The van der Waals surface area contributed by atoms with E-state index in [0.29, 0.717) is 5.69 Å². The normalized spacial score (nSPS) is 17.3. The Hall–Kier alpha value is -2.11. The van der Waals surface area contributed by atoms with Crippen molar-refractivity contribution in [1.82, 2.24) is 19.9 Å². The number of ether oxygens (including phenoxy) is 2. The highest BCUT2D eigenvalue weighted by Crippen LogP contribution is 2.32. The van der Waals surface area contributed by atoms with E-state index in [-0.39, 0.29) is 13.2 Å². The molecule has 1 amide bonds. The molecule has 1 N–H and O–H groups in total. The highest BCUT2D eigenvalue weighted by atomic mass is 16.7. The van der Waals surface area contributed by atoms with E-state index in [0.717, 1.165) is 13.0 Å². The molecule has 1 saturated heterocycles. The molecule has 0 bridgehead atoms. The van der Waals surface area contributed by atoms with Crippen LogP contribution in [0.25, 0.3) is 0 Å². The molecule has 0 unspecified atom stereocenters. The van der Waals surface area contributed by atoms with Crippen molar-refractivity contribution in [3.8, 4) is 11.8 Å². The van der Waals surface area contributed by atoms with Crippen LogP contribution in [0.4, 0.5) is 4.79 Å². The monoisotopic (exact) mass is 462 g/mol. The molecular formula is C25H42N4O4. The molecule has 186 valence electrons. The summed E-state index contributed by atoms with van der Waals surface area (Å²) in [7, 11) is 0. The summed E-state index contributed by atoms with van der Waals surface area (Å²) in [6.07, 6.45) is 10.8. The number of unbranched alkanes of at least 4 members (excludes halogenated alkanes) is 7. The minimum atomic E-state index is -1.14. The number of amides is 1. The number of nitrogens with zero attached hydrogens (tertiary/aromatic N) is 4. The highest BCUT2D eigenvalue weighted by molar-refractivity contribution is 5.68. The maximum Gasteiger partial charge on any atom is 0.409 e. The lowest BCUT2D eigenvalue weighted by atomic mass is 9.92. The largest absolute Gasteiger partial charge is 0.465 e. The number of carbonyl (C=O) groups is 1. The minimum absolute atomic E-state index is 0.114. The summed E-state index contributed by atoms with van der Waals surface area (Å²) in [6, 6.07) is 0. The van der Waals surface area contributed by atoms with Crippen molar-refractivity contribution in [2.24, 2.45) is 0 Å². The fourth-order valence-corrected chi connectivity index (χ4v) is 4.09. The maximum atomic E-state index is 12.2.